The monoisotopic (exact) mass is 382 g/mol. The quantitative estimate of drug-likeness (QED) is 0.681. The predicted octanol–water partition coefficient (Wildman–Crippen LogP) is 3.71. The molecule has 1 aliphatic rings. The maximum Gasteiger partial charge on any atom is 0.309 e. The molecule has 0 aromatic heterocycles. The van der Waals surface area contributed by atoms with Crippen LogP contribution in [0.1, 0.15) is 49.4 Å². The topological polar surface area (TPSA) is 70.6 Å². The van der Waals surface area contributed by atoms with Crippen LogP contribution in [0.15, 0.2) is 48.5 Å². The van der Waals surface area contributed by atoms with Gasteiger partial charge in [-0.05, 0) is 30.0 Å². The Bertz CT molecular complexity index is 807. The summed E-state index contributed by atoms with van der Waals surface area (Å²) in [4.78, 5) is 12.0. The minimum Gasteiger partial charge on any atom is -0.496 e. The van der Waals surface area contributed by atoms with Crippen molar-refractivity contribution >= 4 is 5.97 Å². The summed E-state index contributed by atoms with van der Waals surface area (Å²) < 4.78 is 5.53. The lowest BCUT2D eigenvalue weighted by Gasteiger charge is -2.25. The fourth-order valence-electron chi connectivity index (χ4n) is 4.11. The Morgan fingerprint density at radius 2 is 1.93 bits per heavy atom. The van der Waals surface area contributed by atoms with E-state index < -0.39 is 11.9 Å². The van der Waals surface area contributed by atoms with Crippen molar-refractivity contribution in [2.75, 3.05) is 7.11 Å². The average molecular weight is 383 g/mol. The van der Waals surface area contributed by atoms with Gasteiger partial charge in [-0.1, -0.05) is 56.3 Å². The van der Waals surface area contributed by atoms with Crippen LogP contribution in [-0.4, -0.2) is 30.3 Å². The molecule has 2 aromatic rings. The number of nitrogens with one attached hydrogen (secondary N) is 2. The van der Waals surface area contributed by atoms with Gasteiger partial charge < -0.3 is 20.5 Å². The summed E-state index contributed by atoms with van der Waals surface area (Å²) in [5.41, 5.74) is 3.38. The Hall–Kier alpha value is -2.37. The lowest BCUT2D eigenvalue weighted by molar-refractivity contribution is -0.142. The van der Waals surface area contributed by atoms with E-state index in [0.717, 1.165) is 16.9 Å². The van der Waals surface area contributed by atoms with Crippen molar-refractivity contribution in [2.45, 2.75) is 51.4 Å². The number of aliphatic carboxylic acids is 1. The van der Waals surface area contributed by atoms with Crippen LogP contribution in [0.25, 0.3) is 0 Å². The molecule has 1 unspecified atom stereocenters. The third-order valence-corrected chi connectivity index (χ3v) is 5.67. The lowest BCUT2D eigenvalue weighted by Crippen LogP contribution is -2.41. The summed E-state index contributed by atoms with van der Waals surface area (Å²) in [7, 11) is 1.67. The highest BCUT2D eigenvalue weighted by molar-refractivity contribution is 5.72. The molecule has 0 aliphatic carbocycles. The Morgan fingerprint density at radius 1 is 1.21 bits per heavy atom. The van der Waals surface area contributed by atoms with Gasteiger partial charge in [-0.15, -0.1) is 0 Å². The largest absolute Gasteiger partial charge is 0.496 e. The van der Waals surface area contributed by atoms with Gasteiger partial charge in [0.2, 0.25) is 0 Å². The fraction of sp³-hybridized carbons (Fsp3) is 0.435. The van der Waals surface area contributed by atoms with Gasteiger partial charge in [0, 0.05) is 30.2 Å². The van der Waals surface area contributed by atoms with Gasteiger partial charge in [0.1, 0.15) is 5.75 Å². The van der Waals surface area contributed by atoms with Crippen molar-refractivity contribution in [3.8, 4) is 5.75 Å². The molecule has 1 fully saturated rings. The van der Waals surface area contributed by atoms with Crippen molar-refractivity contribution in [2.24, 2.45) is 5.92 Å². The zero-order valence-electron chi connectivity index (χ0n) is 17.0. The lowest BCUT2D eigenvalue weighted by atomic mass is 9.91. The van der Waals surface area contributed by atoms with Gasteiger partial charge in [-0.25, -0.2) is 0 Å². The first-order valence-corrected chi connectivity index (χ1v) is 9.86. The van der Waals surface area contributed by atoms with Gasteiger partial charge in [0.05, 0.1) is 13.0 Å². The molecule has 5 heteroatoms. The second-order valence-corrected chi connectivity index (χ2v) is 7.84. The first kappa shape index (κ1) is 20.4. The summed E-state index contributed by atoms with van der Waals surface area (Å²) in [6.45, 7) is 6.81. The van der Waals surface area contributed by atoms with E-state index in [1.165, 1.54) is 5.56 Å². The second kappa shape index (κ2) is 8.76. The summed E-state index contributed by atoms with van der Waals surface area (Å²) in [5, 5.41) is 16.8. The van der Waals surface area contributed by atoms with Crippen LogP contribution in [0.3, 0.4) is 0 Å². The Labute approximate surface area is 167 Å². The predicted molar refractivity (Wildman–Crippen MR) is 111 cm³/mol. The van der Waals surface area contributed by atoms with Crippen LogP contribution in [0.5, 0.6) is 5.75 Å². The molecule has 1 saturated heterocycles. The van der Waals surface area contributed by atoms with Crippen molar-refractivity contribution in [1.82, 2.24) is 10.6 Å². The van der Waals surface area contributed by atoms with Crippen LogP contribution >= 0.6 is 0 Å². The highest BCUT2D eigenvalue weighted by Crippen LogP contribution is 2.33. The Kier molecular flexibility index (Phi) is 6.37. The van der Waals surface area contributed by atoms with Crippen molar-refractivity contribution in [3.63, 3.8) is 0 Å². The van der Waals surface area contributed by atoms with E-state index in [1.807, 2.05) is 43.3 Å². The molecule has 0 saturated carbocycles. The summed E-state index contributed by atoms with van der Waals surface area (Å²) in [5.74, 6) is -0.0518. The molecule has 0 radical (unpaired) electrons. The van der Waals surface area contributed by atoms with Gasteiger partial charge >= 0.3 is 5.97 Å². The van der Waals surface area contributed by atoms with Crippen molar-refractivity contribution < 1.29 is 14.6 Å². The van der Waals surface area contributed by atoms with Crippen LogP contribution in [0.4, 0.5) is 0 Å². The molecule has 4 atom stereocenters. The molecular weight excluding hydrogens is 352 g/mol. The molecular formula is C23H30N2O3. The maximum atomic E-state index is 12.0. The molecule has 3 rings (SSSR count). The zero-order valence-corrected chi connectivity index (χ0v) is 17.0. The maximum absolute atomic E-state index is 12.0. The third kappa shape index (κ3) is 4.21. The number of rotatable bonds is 7. The molecule has 2 aromatic carbocycles. The first-order valence-electron chi connectivity index (χ1n) is 9.86. The Morgan fingerprint density at radius 3 is 2.54 bits per heavy atom. The van der Waals surface area contributed by atoms with E-state index >= 15 is 0 Å². The van der Waals surface area contributed by atoms with Crippen LogP contribution in [0.2, 0.25) is 0 Å². The highest BCUT2D eigenvalue weighted by atomic mass is 16.5. The van der Waals surface area contributed by atoms with Crippen molar-refractivity contribution in [1.29, 1.82) is 0 Å². The normalized spacial score (nSPS) is 24.5. The van der Waals surface area contributed by atoms with E-state index in [0.29, 0.717) is 12.5 Å². The third-order valence-electron chi connectivity index (χ3n) is 5.67. The standard InChI is InChI=1S/C23H30N2O3/c1-14(2)17-10-11-19(28-4)18(12-17)13-24-22-20(23(26)27)15(3)25-21(22)16-8-6-5-7-9-16/h5-12,14-15,20-22,24-25H,13H2,1-4H3,(H,26,27)/t15-,20+,21?,22+/m1/s1. The molecule has 3 N–H and O–H groups in total. The average Bonchev–Trinajstić information content (AvgIpc) is 3.03. The smallest absolute Gasteiger partial charge is 0.309 e. The molecule has 1 aliphatic heterocycles. The Balaban J connectivity index is 1.87. The minimum absolute atomic E-state index is 0.0587. The minimum atomic E-state index is -0.779. The SMILES string of the molecule is COc1ccc(C(C)C)cc1CN[C@@H]1C(c2ccccc2)N[C@H](C)[C@@H]1C(=O)O. The molecule has 5 nitrogen and oxygen atoms in total. The van der Waals surface area contributed by atoms with E-state index in [4.69, 9.17) is 4.74 Å². The number of carbonyl (C=O) groups is 1. The van der Waals surface area contributed by atoms with E-state index in [-0.39, 0.29) is 18.1 Å². The number of benzene rings is 2. The summed E-state index contributed by atoms with van der Waals surface area (Å²) in [6, 6.07) is 15.9. The summed E-state index contributed by atoms with van der Waals surface area (Å²) >= 11 is 0. The summed E-state index contributed by atoms with van der Waals surface area (Å²) in [6.07, 6.45) is 0. The molecule has 1 heterocycles. The number of carboxylic acid groups (broad SMARTS) is 1. The first-order chi connectivity index (χ1) is 13.4. The fourth-order valence-corrected chi connectivity index (χ4v) is 4.11. The van der Waals surface area contributed by atoms with E-state index in [1.54, 1.807) is 7.11 Å². The number of hydrogen-bond donors (Lipinski definition) is 3. The highest BCUT2D eigenvalue weighted by Gasteiger charge is 2.45. The van der Waals surface area contributed by atoms with Gasteiger partial charge in [-0.2, -0.15) is 0 Å². The zero-order chi connectivity index (χ0) is 20.3. The molecule has 0 spiro atoms. The van der Waals surface area contributed by atoms with Crippen molar-refractivity contribution in [3.05, 3.63) is 65.2 Å². The number of ether oxygens (including phenoxy) is 1. The number of carboxylic acids is 1. The van der Waals surface area contributed by atoms with Gasteiger partial charge in [0.15, 0.2) is 0 Å². The van der Waals surface area contributed by atoms with E-state index in [2.05, 4.69) is 36.6 Å². The van der Waals surface area contributed by atoms with Crippen LogP contribution in [0, 0.1) is 5.92 Å². The molecule has 0 amide bonds. The number of hydrogen-bond acceptors (Lipinski definition) is 4. The molecule has 150 valence electrons. The van der Waals surface area contributed by atoms with E-state index in [9.17, 15) is 9.90 Å². The molecule has 0 bridgehead atoms. The number of methoxy groups -OCH3 is 1. The van der Waals surface area contributed by atoms with Gasteiger partial charge in [-0.3, -0.25) is 4.79 Å². The van der Waals surface area contributed by atoms with Crippen LogP contribution < -0.4 is 15.4 Å². The van der Waals surface area contributed by atoms with Gasteiger partial charge in [0.25, 0.3) is 0 Å². The van der Waals surface area contributed by atoms with Crippen LogP contribution in [-0.2, 0) is 11.3 Å². The molecule has 28 heavy (non-hydrogen) atoms. The second-order valence-electron chi connectivity index (χ2n) is 7.84.